The van der Waals surface area contributed by atoms with Crippen LogP contribution in [0.5, 0.6) is 0 Å². The van der Waals surface area contributed by atoms with E-state index in [1.165, 1.54) is 9.21 Å². The number of likely N-dealkylation sites (N-methyl/N-ethyl adjacent to an activating group) is 1. The van der Waals surface area contributed by atoms with Crippen molar-refractivity contribution in [3.63, 3.8) is 0 Å². The zero-order valence-corrected chi connectivity index (χ0v) is 18.4. The molecule has 1 amide bonds. The van der Waals surface area contributed by atoms with Gasteiger partial charge in [-0.15, -0.1) is 0 Å². The number of nitrogens with zero attached hydrogens (tertiary/aromatic N) is 2. The summed E-state index contributed by atoms with van der Waals surface area (Å²) < 4.78 is 32.6. The molecule has 0 aliphatic carbocycles. The molecule has 1 aliphatic rings. The number of hydrogen-bond acceptors (Lipinski definition) is 4. The van der Waals surface area contributed by atoms with Crippen LogP contribution in [0.15, 0.2) is 18.2 Å². The van der Waals surface area contributed by atoms with Gasteiger partial charge < -0.3 is 9.64 Å². The molecule has 1 aromatic rings. The SMILES string of the molecule is CN(C(=O)OC(C)(C)C)C1CCCN(S(=O)(=O)Cc2cc(Cl)ccc2Cl)C1. The summed E-state index contributed by atoms with van der Waals surface area (Å²) in [5, 5.41) is 0.799. The molecule has 0 aromatic heterocycles. The number of ether oxygens (including phenoxy) is 1. The minimum atomic E-state index is -3.59. The van der Waals surface area contributed by atoms with Crippen LogP contribution < -0.4 is 0 Å². The summed E-state index contributed by atoms with van der Waals surface area (Å²) in [6.07, 6.45) is 0.935. The molecule has 0 bridgehead atoms. The third kappa shape index (κ3) is 6.24. The highest BCUT2D eigenvalue weighted by Crippen LogP contribution is 2.26. The van der Waals surface area contributed by atoms with E-state index in [1.54, 1.807) is 46.0 Å². The van der Waals surface area contributed by atoms with Crippen molar-refractivity contribution in [1.29, 1.82) is 0 Å². The highest BCUT2D eigenvalue weighted by molar-refractivity contribution is 7.88. The molecule has 1 heterocycles. The smallest absolute Gasteiger partial charge is 0.410 e. The number of carbonyl (C=O) groups is 1. The molecule has 0 N–H and O–H groups in total. The maximum absolute atomic E-state index is 12.9. The predicted molar refractivity (Wildman–Crippen MR) is 108 cm³/mol. The Labute approximate surface area is 171 Å². The molecule has 27 heavy (non-hydrogen) atoms. The number of carbonyl (C=O) groups excluding carboxylic acids is 1. The third-order valence-electron chi connectivity index (χ3n) is 4.33. The van der Waals surface area contributed by atoms with Gasteiger partial charge in [0.1, 0.15) is 5.60 Å². The summed E-state index contributed by atoms with van der Waals surface area (Å²) in [5.41, 5.74) is -0.137. The van der Waals surface area contributed by atoms with Gasteiger partial charge in [-0.1, -0.05) is 23.2 Å². The Morgan fingerprint density at radius 2 is 2.00 bits per heavy atom. The Hall–Kier alpha value is -1.02. The molecule has 0 spiro atoms. The summed E-state index contributed by atoms with van der Waals surface area (Å²) in [6.45, 7) is 6.04. The number of amides is 1. The Morgan fingerprint density at radius 1 is 1.33 bits per heavy atom. The largest absolute Gasteiger partial charge is 0.444 e. The maximum atomic E-state index is 12.9. The molecule has 1 saturated heterocycles. The second kappa shape index (κ2) is 8.55. The lowest BCUT2D eigenvalue weighted by Crippen LogP contribution is -2.51. The maximum Gasteiger partial charge on any atom is 0.410 e. The predicted octanol–water partition coefficient (Wildman–Crippen LogP) is 4.15. The van der Waals surface area contributed by atoms with Gasteiger partial charge in [0.25, 0.3) is 0 Å². The number of rotatable bonds is 4. The summed E-state index contributed by atoms with van der Waals surface area (Å²) in [4.78, 5) is 13.8. The molecule has 2 rings (SSSR count). The molecule has 1 aliphatic heterocycles. The van der Waals surface area contributed by atoms with Crippen LogP contribution in [-0.2, 0) is 20.5 Å². The van der Waals surface area contributed by atoms with E-state index < -0.39 is 21.7 Å². The van der Waals surface area contributed by atoms with Gasteiger partial charge in [0.2, 0.25) is 10.0 Å². The van der Waals surface area contributed by atoms with Gasteiger partial charge in [-0.3, -0.25) is 0 Å². The van der Waals surface area contributed by atoms with Gasteiger partial charge in [-0.05, 0) is 57.4 Å². The molecule has 152 valence electrons. The van der Waals surface area contributed by atoms with Gasteiger partial charge in [-0.2, -0.15) is 4.31 Å². The van der Waals surface area contributed by atoms with E-state index >= 15 is 0 Å². The minimum Gasteiger partial charge on any atom is -0.444 e. The Kier molecular flexibility index (Phi) is 7.06. The molecule has 0 radical (unpaired) electrons. The summed E-state index contributed by atoms with van der Waals surface area (Å²) in [7, 11) is -1.95. The molecule has 0 saturated carbocycles. The van der Waals surface area contributed by atoms with Crippen molar-refractivity contribution in [3.8, 4) is 0 Å². The van der Waals surface area contributed by atoms with Crippen LogP contribution in [0.3, 0.4) is 0 Å². The van der Waals surface area contributed by atoms with E-state index in [-0.39, 0.29) is 18.3 Å². The van der Waals surface area contributed by atoms with Crippen molar-refractivity contribution < 1.29 is 17.9 Å². The average Bonchev–Trinajstić information content (AvgIpc) is 2.56. The average molecular weight is 437 g/mol. The lowest BCUT2D eigenvalue weighted by Gasteiger charge is -2.37. The first-order chi connectivity index (χ1) is 12.4. The van der Waals surface area contributed by atoms with E-state index in [4.69, 9.17) is 27.9 Å². The van der Waals surface area contributed by atoms with E-state index in [0.717, 1.165) is 6.42 Å². The van der Waals surface area contributed by atoms with E-state index in [2.05, 4.69) is 0 Å². The second-order valence-corrected chi connectivity index (χ2v) is 10.5. The fourth-order valence-corrected chi connectivity index (χ4v) is 4.99. The van der Waals surface area contributed by atoms with Crippen LogP contribution in [0.4, 0.5) is 4.79 Å². The van der Waals surface area contributed by atoms with Crippen molar-refractivity contribution in [2.75, 3.05) is 20.1 Å². The first kappa shape index (κ1) is 22.3. The molecule has 1 aromatic carbocycles. The first-order valence-electron chi connectivity index (χ1n) is 8.76. The van der Waals surface area contributed by atoms with E-state index in [9.17, 15) is 13.2 Å². The third-order valence-corrected chi connectivity index (χ3v) is 6.73. The second-order valence-electron chi connectivity index (χ2n) is 7.74. The van der Waals surface area contributed by atoms with Gasteiger partial charge in [0.15, 0.2) is 0 Å². The van der Waals surface area contributed by atoms with Gasteiger partial charge >= 0.3 is 6.09 Å². The minimum absolute atomic E-state index is 0.227. The number of sulfonamides is 1. The summed E-state index contributed by atoms with van der Waals surface area (Å²) in [5.74, 6) is -0.227. The van der Waals surface area contributed by atoms with Gasteiger partial charge in [0.05, 0.1) is 5.75 Å². The lowest BCUT2D eigenvalue weighted by atomic mass is 10.1. The lowest BCUT2D eigenvalue weighted by molar-refractivity contribution is 0.0173. The van der Waals surface area contributed by atoms with Crippen molar-refractivity contribution in [2.45, 2.75) is 51.0 Å². The number of halogens is 2. The zero-order valence-electron chi connectivity index (χ0n) is 16.0. The number of benzene rings is 1. The number of piperidine rings is 1. The Bertz CT molecular complexity index is 793. The van der Waals surface area contributed by atoms with Crippen LogP contribution in [-0.4, -0.2) is 55.5 Å². The van der Waals surface area contributed by atoms with Crippen LogP contribution in [0.2, 0.25) is 10.0 Å². The highest BCUT2D eigenvalue weighted by atomic mass is 35.5. The van der Waals surface area contributed by atoms with Crippen molar-refractivity contribution in [1.82, 2.24) is 9.21 Å². The van der Waals surface area contributed by atoms with Crippen molar-refractivity contribution in [2.24, 2.45) is 0 Å². The molecule has 6 nitrogen and oxygen atoms in total. The van der Waals surface area contributed by atoms with Gasteiger partial charge in [0, 0.05) is 36.2 Å². The van der Waals surface area contributed by atoms with E-state index in [0.29, 0.717) is 28.6 Å². The van der Waals surface area contributed by atoms with Crippen LogP contribution in [0, 0.1) is 0 Å². The summed E-state index contributed by atoms with van der Waals surface area (Å²) in [6, 6.07) is 4.53. The quantitative estimate of drug-likeness (QED) is 0.710. The normalized spacial score (nSPS) is 19.0. The summed E-state index contributed by atoms with van der Waals surface area (Å²) >= 11 is 12.1. The molecule has 1 unspecified atom stereocenters. The number of hydrogen-bond donors (Lipinski definition) is 0. The molecule has 1 atom stereocenters. The van der Waals surface area contributed by atoms with Crippen LogP contribution in [0.1, 0.15) is 39.2 Å². The molecule has 9 heteroatoms. The van der Waals surface area contributed by atoms with Crippen molar-refractivity contribution >= 4 is 39.3 Å². The zero-order chi connectivity index (χ0) is 20.4. The topological polar surface area (TPSA) is 66.9 Å². The monoisotopic (exact) mass is 436 g/mol. The fraction of sp³-hybridized carbons (Fsp3) is 0.611. The van der Waals surface area contributed by atoms with E-state index in [1.807, 2.05) is 0 Å². The fourth-order valence-electron chi connectivity index (χ4n) is 2.91. The molecular formula is C18H26Cl2N2O4S. The highest BCUT2D eigenvalue weighted by Gasteiger charge is 2.34. The molecular weight excluding hydrogens is 411 g/mol. The Balaban J connectivity index is 2.10. The standard InChI is InChI=1S/C18H26Cl2N2O4S/c1-18(2,3)26-17(23)21(4)15-6-5-9-22(11-15)27(24,25)12-13-10-14(19)7-8-16(13)20/h7-8,10,15H,5-6,9,11-12H2,1-4H3. The van der Waals surface area contributed by atoms with Crippen LogP contribution in [0.25, 0.3) is 0 Å². The molecule has 1 fully saturated rings. The van der Waals surface area contributed by atoms with Gasteiger partial charge in [-0.25, -0.2) is 13.2 Å². The Morgan fingerprint density at radius 3 is 2.63 bits per heavy atom. The first-order valence-corrected chi connectivity index (χ1v) is 11.1. The van der Waals surface area contributed by atoms with Crippen LogP contribution >= 0.6 is 23.2 Å². The van der Waals surface area contributed by atoms with Crippen molar-refractivity contribution in [3.05, 3.63) is 33.8 Å².